The van der Waals surface area contributed by atoms with Crippen molar-refractivity contribution in [3.8, 4) is 11.4 Å². The summed E-state index contributed by atoms with van der Waals surface area (Å²) in [4.78, 5) is 57.9. The molecule has 0 aromatic carbocycles. The zero-order valence-electron chi connectivity index (χ0n) is 37.0. The van der Waals surface area contributed by atoms with Crippen LogP contribution in [-0.2, 0) is 49.5 Å². The van der Waals surface area contributed by atoms with Gasteiger partial charge in [-0.2, -0.15) is 0 Å². The minimum absolute atomic E-state index is 0.116. The molecular weight excluding hydrogens is 858 g/mol. The second kappa shape index (κ2) is 20.3. The number of aliphatic hydroxyl groups excluding tert-OH is 1. The van der Waals surface area contributed by atoms with Gasteiger partial charge >= 0.3 is 5.97 Å². The first-order valence-corrected chi connectivity index (χ1v) is 21.7. The summed E-state index contributed by atoms with van der Waals surface area (Å²) in [6.07, 6.45) is -5.27. The number of ether oxygens (including phenoxy) is 5. The van der Waals surface area contributed by atoms with Gasteiger partial charge in [0, 0.05) is 36.6 Å². The molecule has 2 bridgehead atoms. The van der Waals surface area contributed by atoms with Crippen molar-refractivity contribution >= 4 is 45.0 Å². The summed E-state index contributed by atoms with van der Waals surface area (Å²) >= 11 is 3.37. The molecule has 18 heteroatoms. The lowest BCUT2D eigenvalue weighted by molar-refractivity contribution is -0.296. The molecule has 2 aromatic rings. The molecule has 0 radical (unpaired) electrons. The smallest absolute Gasteiger partial charge is 0.316 e. The normalized spacial score (nSPS) is 37.2. The van der Waals surface area contributed by atoms with Crippen molar-refractivity contribution in [2.45, 2.75) is 142 Å². The lowest BCUT2D eigenvalue weighted by Crippen LogP contribution is -2.60. The largest absolute Gasteiger partial charge is 0.459 e. The van der Waals surface area contributed by atoms with Crippen LogP contribution in [0.2, 0.25) is 0 Å². The Hall–Kier alpha value is -3.49. The van der Waals surface area contributed by atoms with Gasteiger partial charge in [0.15, 0.2) is 24.4 Å². The molecule has 5 heterocycles. The number of cyclic esters (lactones) is 1. The molecule has 1 amide bonds. The first kappa shape index (κ1) is 48.5. The van der Waals surface area contributed by atoms with Crippen LogP contribution in [0.15, 0.2) is 43.5 Å². The van der Waals surface area contributed by atoms with Crippen LogP contribution in [0.3, 0.4) is 0 Å². The van der Waals surface area contributed by atoms with Gasteiger partial charge in [0.2, 0.25) is 5.91 Å². The van der Waals surface area contributed by atoms with Crippen molar-refractivity contribution in [3.05, 3.63) is 34.6 Å². The van der Waals surface area contributed by atoms with E-state index < -0.39 is 83.2 Å². The molecule has 3 saturated heterocycles. The van der Waals surface area contributed by atoms with Crippen LogP contribution in [0.25, 0.3) is 11.4 Å². The maximum absolute atomic E-state index is 14.5. The van der Waals surface area contributed by atoms with Crippen molar-refractivity contribution in [2.75, 3.05) is 27.3 Å². The number of pyridine rings is 1. The van der Waals surface area contributed by atoms with Crippen LogP contribution in [0, 0.1) is 23.7 Å². The second-order valence-electron chi connectivity index (χ2n) is 17.3. The Balaban J connectivity index is 1.63. The number of aliphatic hydroxyl groups is 2. The first-order chi connectivity index (χ1) is 28.7. The van der Waals surface area contributed by atoms with Crippen molar-refractivity contribution in [3.63, 3.8) is 0 Å². The van der Waals surface area contributed by atoms with Crippen molar-refractivity contribution < 1.29 is 57.6 Å². The Bertz CT molecular complexity index is 1920. The molecule has 61 heavy (non-hydrogen) atoms. The molecule has 2 aromatic heterocycles. The van der Waals surface area contributed by atoms with Crippen LogP contribution >= 0.6 is 15.9 Å². The number of ketones is 1. The fourth-order valence-corrected chi connectivity index (χ4v) is 9.19. The number of hydrogen-bond donors (Lipinski definition) is 2. The van der Waals surface area contributed by atoms with Gasteiger partial charge < -0.3 is 48.2 Å². The van der Waals surface area contributed by atoms with Gasteiger partial charge in [0.05, 0.1) is 42.8 Å². The number of likely N-dealkylation sites (N-methyl/N-ethyl adjacent to an activating group) is 1. The number of fused-ring (bicyclic) bond motifs is 5. The molecule has 0 spiro atoms. The number of Topliss-reactive ketones (excluding diaryl/α,β-unsaturated/α-hetero) is 1. The highest BCUT2D eigenvalue weighted by molar-refractivity contribution is 9.10. The quantitative estimate of drug-likeness (QED) is 0.155. The summed E-state index contributed by atoms with van der Waals surface area (Å²) < 4.78 is 38.6. The van der Waals surface area contributed by atoms with E-state index in [1.165, 1.54) is 20.8 Å². The van der Waals surface area contributed by atoms with Crippen LogP contribution in [0.5, 0.6) is 0 Å². The van der Waals surface area contributed by atoms with E-state index in [2.05, 4.69) is 36.2 Å². The number of nitrogens with zero attached hydrogens (tertiary/aromatic N) is 5. The molecule has 338 valence electrons. The molecule has 3 aliphatic heterocycles. The van der Waals surface area contributed by atoms with Crippen LogP contribution < -0.4 is 0 Å². The monoisotopic (exact) mass is 919 g/mol. The molecule has 3 fully saturated rings. The van der Waals surface area contributed by atoms with E-state index >= 15 is 0 Å². The van der Waals surface area contributed by atoms with Gasteiger partial charge in [-0.1, -0.05) is 44.1 Å². The van der Waals surface area contributed by atoms with Gasteiger partial charge in [-0.3, -0.25) is 14.4 Å². The van der Waals surface area contributed by atoms with Gasteiger partial charge in [-0.15, -0.1) is 0 Å². The van der Waals surface area contributed by atoms with Gasteiger partial charge in [0.1, 0.15) is 39.7 Å². The lowest BCUT2D eigenvalue weighted by atomic mass is 9.73. The van der Waals surface area contributed by atoms with Gasteiger partial charge in [0.25, 0.3) is 0 Å². The van der Waals surface area contributed by atoms with E-state index in [0.29, 0.717) is 33.9 Å². The van der Waals surface area contributed by atoms with Gasteiger partial charge in [-0.05, 0) is 95.0 Å². The van der Waals surface area contributed by atoms with E-state index in [0.717, 1.165) is 0 Å². The number of amides is 1. The molecule has 2 N–H and O–H groups in total. The first-order valence-electron chi connectivity index (χ1n) is 20.9. The molecule has 0 saturated carbocycles. The molecule has 1 unspecified atom stereocenters. The van der Waals surface area contributed by atoms with Gasteiger partial charge in [-0.25, -0.2) is 9.98 Å². The van der Waals surface area contributed by atoms with E-state index in [-0.39, 0.29) is 50.5 Å². The SMILES string of the molecule is CC[C@H]1OC(=O)[C@H](C)C(=O)[C@H](C)[C@@H](O[C@@H]2O[C@H](C)C[C@H](N(C)C)[C@H]2O)[C@@]2(C)C[C@@H](C)C(=NC(C)=O)[C@H](C)C(OC/C(=N\OCc3cc(-c4cccc(Br)n4)no3)CO2)[C@]1(C)O. The molecular formula is C43H62BrN5O12. The maximum Gasteiger partial charge on any atom is 0.316 e. The minimum Gasteiger partial charge on any atom is -0.459 e. The number of rotatable bonds is 8. The van der Waals surface area contributed by atoms with Crippen molar-refractivity contribution in [1.82, 2.24) is 15.0 Å². The highest BCUT2D eigenvalue weighted by Gasteiger charge is 2.53. The highest BCUT2D eigenvalue weighted by atomic mass is 79.9. The third-order valence-corrected chi connectivity index (χ3v) is 12.5. The molecule has 13 atom stereocenters. The maximum atomic E-state index is 14.5. The molecule has 17 nitrogen and oxygen atoms in total. The summed E-state index contributed by atoms with van der Waals surface area (Å²) in [6, 6.07) is 6.77. The Morgan fingerprint density at radius 1 is 1.08 bits per heavy atom. The lowest BCUT2D eigenvalue weighted by Gasteiger charge is -2.47. The Morgan fingerprint density at radius 2 is 1.80 bits per heavy atom. The standard InChI is InChI=1S/C43H62BrN5O12/c1-12-33-43(9,54)39-24(4)35(45-27(7)50)22(2)18-42(8,56-20-28(19-55-39)47-57-21-29-17-31(48-61-29)30-14-13-15-34(44)46-30)38(25(5)36(51)26(6)40(53)59-33)60-41-37(52)32(49(10)11)16-23(3)58-41/h13-15,17,22-26,32-33,37-39,41,52,54H,12,16,18-21H2,1-11H3/b45-35?,47-28+/t22-,23-,24+,25+,26-,32+,33-,37-,38-,39?,41+,42-,43-/m1/s1. The third kappa shape index (κ3) is 11.4. The molecule has 3 aliphatic rings. The Labute approximate surface area is 366 Å². The second-order valence-corrected chi connectivity index (χ2v) is 18.2. The van der Waals surface area contributed by atoms with E-state index in [1.807, 2.05) is 38.9 Å². The number of halogens is 1. The Morgan fingerprint density at radius 3 is 2.46 bits per heavy atom. The molecule has 5 rings (SSSR count). The van der Waals surface area contributed by atoms with Crippen molar-refractivity contribution in [2.24, 2.45) is 33.8 Å². The summed E-state index contributed by atoms with van der Waals surface area (Å²) in [5.41, 5.74) is -1.58. The number of esters is 1. The van der Waals surface area contributed by atoms with Crippen molar-refractivity contribution in [1.29, 1.82) is 0 Å². The average Bonchev–Trinajstić information content (AvgIpc) is 3.67. The predicted octanol–water partition coefficient (Wildman–Crippen LogP) is 4.93. The highest BCUT2D eigenvalue weighted by Crippen LogP contribution is 2.40. The van der Waals surface area contributed by atoms with E-state index in [1.54, 1.807) is 45.9 Å². The predicted molar refractivity (Wildman–Crippen MR) is 226 cm³/mol. The summed E-state index contributed by atoms with van der Waals surface area (Å²) in [5, 5.41) is 32.6. The number of aromatic nitrogens is 2. The van der Waals surface area contributed by atoms with Crippen LogP contribution in [0.4, 0.5) is 0 Å². The Kier molecular flexibility index (Phi) is 16.2. The van der Waals surface area contributed by atoms with Crippen LogP contribution in [0.1, 0.15) is 87.3 Å². The number of hydrogen-bond acceptors (Lipinski definition) is 16. The zero-order chi connectivity index (χ0) is 45.0. The fourth-order valence-electron chi connectivity index (χ4n) is 8.85. The summed E-state index contributed by atoms with van der Waals surface area (Å²) in [7, 11) is 3.72. The van der Waals surface area contributed by atoms with E-state index in [4.69, 9.17) is 33.0 Å². The number of carbonyl (C=O) groups excluding carboxylic acids is 3. The molecule has 0 aliphatic carbocycles. The minimum atomic E-state index is -1.87. The summed E-state index contributed by atoms with van der Waals surface area (Å²) in [6.45, 7) is 14.4. The average molecular weight is 921 g/mol. The summed E-state index contributed by atoms with van der Waals surface area (Å²) in [5.74, 6) is -5.08. The number of aliphatic imine (C=N–C) groups is 1. The number of carbonyl (C=O) groups is 3. The third-order valence-electron chi connectivity index (χ3n) is 12.1. The zero-order valence-corrected chi connectivity index (χ0v) is 38.6. The fraction of sp³-hybridized carbons (Fsp3) is 0.698. The number of oxime groups is 1. The van der Waals surface area contributed by atoms with Crippen LogP contribution in [-0.4, -0.2) is 136 Å². The van der Waals surface area contributed by atoms with E-state index in [9.17, 15) is 24.6 Å². The topological polar surface area (TPSA) is 214 Å².